The monoisotopic (exact) mass is 334 g/mol. The third-order valence-corrected chi connectivity index (χ3v) is 3.58. The Hall–Kier alpha value is -2.14. The van der Waals surface area contributed by atoms with E-state index in [1.165, 1.54) is 12.1 Å². The molecule has 102 valence electrons. The van der Waals surface area contributed by atoms with Gasteiger partial charge in [-0.2, -0.15) is 0 Å². The van der Waals surface area contributed by atoms with Gasteiger partial charge in [0.15, 0.2) is 0 Å². The van der Waals surface area contributed by atoms with Gasteiger partial charge in [0.05, 0.1) is 11.1 Å². The largest absolute Gasteiger partial charge is 0.478 e. The van der Waals surface area contributed by atoms with Crippen LogP contribution in [-0.2, 0) is 0 Å². The van der Waals surface area contributed by atoms with Crippen LogP contribution in [0.15, 0.2) is 40.9 Å². The summed E-state index contributed by atoms with van der Waals surface area (Å²) in [7, 11) is 0. The van der Waals surface area contributed by atoms with E-state index in [-0.39, 0.29) is 16.7 Å². The predicted molar refractivity (Wildman–Crippen MR) is 78.2 cm³/mol. The van der Waals surface area contributed by atoms with Crippen molar-refractivity contribution in [3.8, 4) is 11.1 Å². The van der Waals surface area contributed by atoms with Gasteiger partial charge in [0, 0.05) is 10.0 Å². The Bertz CT molecular complexity index is 672. The zero-order valence-corrected chi connectivity index (χ0v) is 12.1. The van der Waals surface area contributed by atoms with Gasteiger partial charge in [-0.05, 0) is 36.2 Å². The summed E-state index contributed by atoms with van der Waals surface area (Å²) in [6, 6.07) is 9.90. The van der Waals surface area contributed by atoms with Crippen molar-refractivity contribution in [2.24, 2.45) is 0 Å². The van der Waals surface area contributed by atoms with Gasteiger partial charge in [-0.3, -0.25) is 0 Å². The van der Waals surface area contributed by atoms with Crippen LogP contribution in [0.5, 0.6) is 0 Å². The summed E-state index contributed by atoms with van der Waals surface area (Å²) in [4.78, 5) is 22.9. The molecule has 0 aliphatic rings. The van der Waals surface area contributed by atoms with Crippen LogP contribution in [0.2, 0.25) is 0 Å². The zero-order chi connectivity index (χ0) is 14.9. The molecule has 0 heterocycles. The Kier molecular flexibility index (Phi) is 3.90. The summed E-state index contributed by atoms with van der Waals surface area (Å²) in [6.07, 6.45) is 0. The van der Waals surface area contributed by atoms with Crippen LogP contribution in [-0.4, -0.2) is 22.2 Å². The van der Waals surface area contributed by atoms with E-state index in [1.54, 1.807) is 31.2 Å². The number of benzene rings is 2. The molecule has 2 aromatic rings. The van der Waals surface area contributed by atoms with Gasteiger partial charge in [0.2, 0.25) is 0 Å². The number of halogens is 1. The fourth-order valence-electron chi connectivity index (χ4n) is 2.08. The average molecular weight is 335 g/mol. The summed E-state index contributed by atoms with van der Waals surface area (Å²) in [5, 5.41) is 18.7. The number of carboxylic acid groups (broad SMARTS) is 2. The highest BCUT2D eigenvalue weighted by Crippen LogP contribution is 2.34. The molecule has 4 nitrogen and oxygen atoms in total. The van der Waals surface area contributed by atoms with E-state index in [9.17, 15) is 19.8 Å². The maximum Gasteiger partial charge on any atom is 0.336 e. The summed E-state index contributed by atoms with van der Waals surface area (Å²) in [6.45, 7) is 1.67. The molecule has 0 aromatic heterocycles. The van der Waals surface area contributed by atoms with Gasteiger partial charge in [0.25, 0.3) is 0 Å². The van der Waals surface area contributed by atoms with Crippen molar-refractivity contribution >= 4 is 27.9 Å². The Morgan fingerprint density at radius 3 is 1.95 bits per heavy atom. The van der Waals surface area contributed by atoms with E-state index in [0.29, 0.717) is 15.6 Å². The SMILES string of the molecule is Cc1cc(C(=O)O)c(-c2ccccc2Br)c(C(=O)O)c1. The van der Waals surface area contributed by atoms with Gasteiger partial charge in [-0.15, -0.1) is 0 Å². The number of hydrogen-bond acceptors (Lipinski definition) is 2. The van der Waals surface area contributed by atoms with Gasteiger partial charge in [-0.25, -0.2) is 9.59 Å². The number of hydrogen-bond donors (Lipinski definition) is 2. The fourth-order valence-corrected chi connectivity index (χ4v) is 2.56. The first-order valence-corrected chi connectivity index (χ1v) is 6.57. The second kappa shape index (κ2) is 5.46. The minimum Gasteiger partial charge on any atom is -0.478 e. The van der Waals surface area contributed by atoms with E-state index in [2.05, 4.69) is 15.9 Å². The molecule has 0 saturated heterocycles. The minimum atomic E-state index is -1.15. The summed E-state index contributed by atoms with van der Waals surface area (Å²) < 4.78 is 0.647. The smallest absolute Gasteiger partial charge is 0.336 e. The van der Waals surface area contributed by atoms with Crippen molar-refractivity contribution in [1.82, 2.24) is 0 Å². The average Bonchev–Trinajstić information content (AvgIpc) is 2.38. The van der Waals surface area contributed by atoms with Crippen molar-refractivity contribution in [2.45, 2.75) is 6.92 Å². The van der Waals surface area contributed by atoms with E-state index in [4.69, 9.17) is 0 Å². The number of aromatic carboxylic acids is 2. The van der Waals surface area contributed by atoms with Crippen LogP contribution < -0.4 is 0 Å². The fraction of sp³-hybridized carbons (Fsp3) is 0.0667. The Morgan fingerprint density at radius 1 is 1.00 bits per heavy atom. The van der Waals surface area contributed by atoms with Gasteiger partial charge in [-0.1, -0.05) is 34.1 Å². The van der Waals surface area contributed by atoms with Gasteiger partial charge < -0.3 is 10.2 Å². The molecule has 0 radical (unpaired) electrons. The lowest BCUT2D eigenvalue weighted by Gasteiger charge is -2.13. The maximum absolute atomic E-state index is 11.4. The Morgan fingerprint density at radius 2 is 1.50 bits per heavy atom. The highest BCUT2D eigenvalue weighted by Gasteiger charge is 2.21. The first-order valence-electron chi connectivity index (χ1n) is 5.78. The van der Waals surface area contributed by atoms with Crippen LogP contribution in [0.1, 0.15) is 26.3 Å². The summed E-state index contributed by atoms with van der Waals surface area (Å²) in [5.74, 6) is -2.30. The standard InChI is InChI=1S/C15H11BrO4/c1-8-6-10(14(17)18)13(11(7-8)15(19)20)9-4-2-3-5-12(9)16/h2-7H,1H3,(H,17,18)(H,19,20). The molecule has 2 aromatic carbocycles. The lowest BCUT2D eigenvalue weighted by molar-refractivity contribution is 0.0696. The molecule has 0 saturated carbocycles. The quantitative estimate of drug-likeness (QED) is 0.894. The van der Waals surface area contributed by atoms with E-state index >= 15 is 0 Å². The van der Waals surface area contributed by atoms with Gasteiger partial charge >= 0.3 is 11.9 Å². The number of aryl methyl sites for hydroxylation is 1. The molecule has 0 bridgehead atoms. The van der Waals surface area contributed by atoms with Crippen LogP contribution in [0.25, 0.3) is 11.1 Å². The molecule has 0 amide bonds. The molecule has 20 heavy (non-hydrogen) atoms. The van der Waals surface area contributed by atoms with Crippen LogP contribution in [0.4, 0.5) is 0 Å². The molecule has 0 aliphatic carbocycles. The summed E-state index contributed by atoms with van der Waals surface area (Å²) in [5.41, 5.74) is 1.31. The second-order valence-electron chi connectivity index (χ2n) is 4.33. The van der Waals surface area contributed by atoms with E-state index in [0.717, 1.165) is 0 Å². The van der Waals surface area contributed by atoms with E-state index < -0.39 is 11.9 Å². The third-order valence-electron chi connectivity index (χ3n) is 2.89. The molecule has 0 spiro atoms. The van der Waals surface area contributed by atoms with Crippen LogP contribution >= 0.6 is 15.9 Å². The van der Waals surface area contributed by atoms with E-state index in [1.807, 2.05) is 0 Å². The highest BCUT2D eigenvalue weighted by atomic mass is 79.9. The predicted octanol–water partition coefficient (Wildman–Crippen LogP) is 3.82. The second-order valence-corrected chi connectivity index (χ2v) is 5.18. The molecule has 2 rings (SSSR count). The Balaban J connectivity index is 2.89. The first-order chi connectivity index (χ1) is 9.41. The van der Waals surface area contributed by atoms with Crippen LogP contribution in [0.3, 0.4) is 0 Å². The first kappa shape index (κ1) is 14.3. The minimum absolute atomic E-state index is 0.0192. The van der Waals surface area contributed by atoms with Crippen LogP contribution in [0, 0.1) is 6.92 Å². The van der Waals surface area contributed by atoms with Crippen molar-refractivity contribution < 1.29 is 19.8 Å². The lowest BCUT2D eigenvalue weighted by atomic mass is 9.92. The molecule has 0 fully saturated rings. The molecule has 5 heteroatoms. The van der Waals surface area contributed by atoms with Crippen molar-refractivity contribution in [2.75, 3.05) is 0 Å². The molecular formula is C15H11BrO4. The molecule has 0 aliphatic heterocycles. The summed E-state index contributed by atoms with van der Waals surface area (Å²) >= 11 is 3.33. The molecule has 2 N–H and O–H groups in total. The Labute approximate surface area is 123 Å². The number of rotatable bonds is 3. The highest BCUT2D eigenvalue weighted by molar-refractivity contribution is 9.10. The van der Waals surface area contributed by atoms with Crippen molar-refractivity contribution in [3.63, 3.8) is 0 Å². The molecular weight excluding hydrogens is 324 g/mol. The number of carbonyl (C=O) groups is 2. The normalized spacial score (nSPS) is 10.3. The third kappa shape index (κ3) is 2.58. The number of carboxylic acids is 2. The molecule has 0 atom stereocenters. The topological polar surface area (TPSA) is 74.6 Å². The van der Waals surface area contributed by atoms with Crippen molar-refractivity contribution in [3.05, 3.63) is 57.6 Å². The van der Waals surface area contributed by atoms with Crippen molar-refractivity contribution in [1.29, 1.82) is 0 Å². The zero-order valence-electron chi connectivity index (χ0n) is 10.6. The molecule has 0 unspecified atom stereocenters. The maximum atomic E-state index is 11.4. The van der Waals surface area contributed by atoms with Gasteiger partial charge in [0.1, 0.15) is 0 Å². The lowest BCUT2D eigenvalue weighted by Crippen LogP contribution is -2.08.